The average molecular weight is 428 g/mol. The molecule has 3 heterocycles. The molecule has 0 fully saturated rings. The summed E-state index contributed by atoms with van der Waals surface area (Å²) in [5.41, 5.74) is 3.23. The highest BCUT2D eigenvalue weighted by atomic mass is 16.6. The van der Waals surface area contributed by atoms with Crippen molar-refractivity contribution in [2.24, 2.45) is 0 Å². The minimum atomic E-state index is 0.531. The number of nitrogens with zero attached hydrogens (tertiary/aromatic N) is 2. The quantitative estimate of drug-likeness (QED) is 0.485. The van der Waals surface area contributed by atoms with E-state index in [0.717, 1.165) is 33.9 Å². The highest BCUT2D eigenvalue weighted by molar-refractivity contribution is 5.83. The molecule has 1 aromatic heterocycles. The molecular weight excluding hydrogens is 408 g/mol. The lowest BCUT2D eigenvalue weighted by atomic mass is 10.2. The van der Waals surface area contributed by atoms with Crippen LogP contribution in [-0.2, 0) is 0 Å². The monoisotopic (exact) mass is 428 g/mol. The van der Waals surface area contributed by atoms with E-state index in [1.165, 1.54) is 0 Å². The van der Waals surface area contributed by atoms with E-state index in [2.05, 4.69) is 10.6 Å². The van der Waals surface area contributed by atoms with Crippen LogP contribution in [0.15, 0.2) is 60.7 Å². The number of para-hydroxylation sites is 2. The Labute approximate surface area is 184 Å². The van der Waals surface area contributed by atoms with Crippen molar-refractivity contribution in [3.8, 4) is 23.0 Å². The van der Waals surface area contributed by atoms with Gasteiger partial charge < -0.3 is 29.6 Å². The number of hydrogen-bond acceptors (Lipinski definition) is 8. The zero-order valence-corrected chi connectivity index (χ0v) is 17.1. The summed E-state index contributed by atoms with van der Waals surface area (Å²) in [6.07, 6.45) is 0. The topological polar surface area (TPSA) is 86.8 Å². The Balaban J connectivity index is 1.37. The van der Waals surface area contributed by atoms with Crippen molar-refractivity contribution in [1.29, 1.82) is 0 Å². The first-order valence-corrected chi connectivity index (χ1v) is 10.4. The average Bonchev–Trinajstić information content (AvgIpc) is 2.84. The Morgan fingerprint density at radius 2 is 0.969 bits per heavy atom. The van der Waals surface area contributed by atoms with Gasteiger partial charge in [-0.15, -0.1) is 0 Å². The van der Waals surface area contributed by atoms with Gasteiger partial charge in [0.1, 0.15) is 26.4 Å². The molecule has 0 atom stereocenters. The first kappa shape index (κ1) is 18.6. The third-order valence-corrected chi connectivity index (χ3v) is 5.18. The molecule has 0 radical (unpaired) electrons. The molecule has 160 valence electrons. The summed E-state index contributed by atoms with van der Waals surface area (Å²) in [5.74, 6) is 4.07. The van der Waals surface area contributed by atoms with Crippen LogP contribution < -0.4 is 29.6 Å². The number of nitrogens with one attached hydrogen (secondary N) is 2. The zero-order valence-electron chi connectivity index (χ0n) is 17.1. The minimum absolute atomic E-state index is 0.531. The fourth-order valence-corrected chi connectivity index (χ4v) is 3.69. The Hall–Kier alpha value is -4.20. The maximum absolute atomic E-state index is 5.71. The van der Waals surface area contributed by atoms with Crippen LogP contribution in [0.2, 0.25) is 0 Å². The normalized spacial score (nSPS) is 14.1. The third kappa shape index (κ3) is 3.56. The van der Waals surface area contributed by atoms with Crippen molar-refractivity contribution >= 4 is 34.0 Å². The van der Waals surface area contributed by atoms with Crippen molar-refractivity contribution in [2.75, 3.05) is 37.1 Å². The van der Waals surface area contributed by atoms with Gasteiger partial charge in [-0.3, -0.25) is 0 Å². The summed E-state index contributed by atoms with van der Waals surface area (Å²) >= 11 is 0. The van der Waals surface area contributed by atoms with Crippen LogP contribution in [-0.4, -0.2) is 36.4 Å². The molecule has 0 aliphatic carbocycles. The van der Waals surface area contributed by atoms with E-state index in [1.54, 1.807) is 0 Å². The fourth-order valence-electron chi connectivity index (χ4n) is 3.69. The molecule has 4 aromatic rings. The van der Waals surface area contributed by atoms with Gasteiger partial charge >= 0.3 is 0 Å². The smallest absolute Gasteiger partial charge is 0.174 e. The van der Waals surface area contributed by atoms with Gasteiger partial charge in [-0.1, -0.05) is 12.1 Å². The van der Waals surface area contributed by atoms with E-state index < -0.39 is 0 Å². The maximum atomic E-state index is 5.71. The largest absolute Gasteiger partial charge is 0.486 e. The third-order valence-electron chi connectivity index (χ3n) is 5.18. The second-order valence-corrected chi connectivity index (χ2v) is 7.38. The molecule has 6 rings (SSSR count). The van der Waals surface area contributed by atoms with Gasteiger partial charge in [-0.25, -0.2) is 9.97 Å². The Bertz CT molecular complexity index is 1210. The molecule has 8 nitrogen and oxygen atoms in total. The Morgan fingerprint density at radius 3 is 1.44 bits per heavy atom. The summed E-state index contributed by atoms with van der Waals surface area (Å²) in [7, 11) is 0. The molecule has 2 aliphatic heterocycles. The highest BCUT2D eigenvalue weighted by Crippen LogP contribution is 2.37. The number of anilines is 4. The predicted molar refractivity (Wildman–Crippen MR) is 121 cm³/mol. The number of hydrogen-bond donors (Lipinski definition) is 2. The van der Waals surface area contributed by atoms with Crippen molar-refractivity contribution in [3.63, 3.8) is 0 Å². The summed E-state index contributed by atoms with van der Waals surface area (Å²) in [6.45, 7) is 2.17. The van der Waals surface area contributed by atoms with E-state index in [9.17, 15) is 0 Å². The van der Waals surface area contributed by atoms with Crippen LogP contribution in [0.3, 0.4) is 0 Å². The van der Waals surface area contributed by atoms with Crippen LogP contribution in [0.4, 0.5) is 23.0 Å². The fraction of sp³-hybridized carbons (Fsp3) is 0.167. The molecule has 32 heavy (non-hydrogen) atoms. The van der Waals surface area contributed by atoms with Crippen LogP contribution >= 0.6 is 0 Å². The second kappa shape index (κ2) is 7.81. The van der Waals surface area contributed by atoms with Crippen molar-refractivity contribution in [1.82, 2.24) is 9.97 Å². The molecule has 0 spiro atoms. The SMILES string of the molecule is c1ccc2nc(Nc3ccc4c(c3)OCCO4)c(Nc3ccc4c(c3)OCCO4)nc2c1. The molecule has 3 aromatic carbocycles. The van der Waals surface area contributed by atoms with Gasteiger partial charge in [0, 0.05) is 23.5 Å². The van der Waals surface area contributed by atoms with Crippen LogP contribution in [0.5, 0.6) is 23.0 Å². The van der Waals surface area contributed by atoms with Gasteiger partial charge in [-0.2, -0.15) is 0 Å². The van der Waals surface area contributed by atoms with Crippen LogP contribution in [0, 0.1) is 0 Å². The van der Waals surface area contributed by atoms with E-state index in [4.69, 9.17) is 28.9 Å². The lowest BCUT2D eigenvalue weighted by Gasteiger charge is -2.20. The van der Waals surface area contributed by atoms with Gasteiger partial charge in [-0.05, 0) is 36.4 Å². The molecule has 0 bridgehead atoms. The first-order chi connectivity index (χ1) is 15.8. The molecular formula is C24H20N4O4. The number of aromatic nitrogens is 2. The second-order valence-electron chi connectivity index (χ2n) is 7.38. The molecule has 2 aliphatic rings. The van der Waals surface area contributed by atoms with Gasteiger partial charge in [0.25, 0.3) is 0 Å². The van der Waals surface area contributed by atoms with E-state index in [1.807, 2.05) is 60.7 Å². The molecule has 0 saturated heterocycles. The number of benzene rings is 3. The summed E-state index contributed by atoms with van der Waals surface area (Å²) in [5, 5.41) is 6.74. The number of ether oxygens (including phenoxy) is 4. The van der Waals surface area contributed by atoms with Crippen LogP contribution in [0.25, 0.3) is 11.0 Å². The van der Waals surface area contributed by atoms with Crippen molar-refractivity contribution < 1.29 is 18.9 Å². The predicted octanol–water partition coefficient (Wildman–Crippen LogP) is 4.66. The van der Waals surface area contributed by atoms with E-state index in [-0.39, 0.29) is 0 Å². The lowest BCUT2D eigenvalue weighted by Crippen LogP contribution is -2.15. The number of rotatable bonds is 4. The molecule has 0 saturated carbocycles. The Morgan fingerprint density at radius 1 is 0.531 bits per heavy atom. The lowest BCUT2D eigenvalue weighted by molar-refractivity contribution is 0.171. The summed E-state index contributed by atoms with van der Waals surface area (Å²) < 4.78 is 22.7. The minimum Gasteiger partial charge on any atom is -0.486 e. The molecule has 8 heteroatoms. The first-order valence-electron chi connectivity index (χ1n) is 10.4. The van der Waals surface area contributed by atoms with Crippen molar-refractivity contribution in [2.45, 2.75) is 0 Å². The summed E-state index contributed by atoms with van der Waals surface area (Å²) in [6, 6.07) is 19.2. The van der Waals surface area contributed by atoms with Gasteiger partial charge in [0.2, 0.25) is 0 Å². The van der Waals surface area contributed by atoms with E-state index >= 15 is 0 Å². The van der Waals surface area contributed by atoms with Crippen LogP contribution in [0.1, 0.15) is 0 Å². The van der Waals surface area contributed by atoms with Gasteiger partial charge in [0.15, 0.2) is 34.6 Å². The Kier molecular flexibility index (Phi) is 4.53. The molecule has 0 amide bonds. The molecule has 0 unspecified atom stereocenters. The summed E-state index contributed by atoms with van der Waals surface area (Å²) in [4.78, 5) is 9.60. The molecule has 2 N–H and O–H groups in total. The van der Waals surface area contributed by atoms with Crippen molar-refractivity contribution in [3.05, 3.63) is 60.7 Å². The number of fused-ring (bicyclic) bond motifs is 3. The standard InChI is InChI=1S/C24H20N4O4/c1-2-4-18-17(3-1)27-23(25-15-5-7-19-21(13-15)31-11-9-29-19)24(28-18)26-16-6-8-20-22(14-16)32-12-10-30-20/h1-8,13-14H,9-12H2,(H,25,27)(H,26,28). The highest BCUT2D eigenvalue weighted by Gasteiger charge is 2.16. The zero-order chi connectivity index (χ0) is 21.3. The van der Waals surface area contributed by atoms with E-state index in [0.29, 0.717) is 49.6 Å². The van der Waals surface area contributed by atoms with Gasteiger partial charge in [0.05, 0.1) is 11.0 Å². The maximum Gasteiger partial charge on any atom is 0.174 e.